The van der Waals surface area contributed by atoms with Gasteiger partial charge in [-0.15, -0.1) is 0 Å². The first-order valence-corrected chi connectivity index (χ1v) is 6.30. The second-order valence-corrected chi connectivity index (χ2v) is 4.83. The summed E-state index contributed by atoms with van der Waals surface area (Å²) in [6.07, 6.45) is 4.41. The van der Waals surface area contributed by atoms with Gasteiger partial charge in [0.25, 0.3) is 0 Å². The molecule has 2 aromatic carbocycles. The summed E-state index contributed by atoms with van der Waals surface area (Å²) in [7, 11) is 0. The second-order valence-electron chi connectivity index (χ2n) is 4.83. The summed E-state index contributed by atoms with van der Waals surface area (Å²) in [5.74, 6) is 0. The summed E-state index contributed by atoms with van der Waals surface area (Å²) >= 11 is 0. The monoisotopic (exact) mass is 236 g/mol. The molecule has 1 nitrogen and oxygen atoms in total. The molecule has 0 spiro atoms. The Morgan fingerprint density at radius 3 is 1.72 bits per heavy atom. The molecule has 1 heteroatoms. The molecule has 0 radical (unpaired) electrons. The Morgan fingerprint density at radius 2 is 1.33 bits per heavy atom. The van der Waals surface area contributed by atoms with E-state index < -0.39 is 0 Å². The molecule has 0 saturated heterocycles. The predicted molar refractivity (Wildman–Crippen MR) is 73.4 cm³/mol. The van der Waals surface area contributed by atoms with E-state index in [1.807, 2.05) is 18.2 Å². The molecule has 90 valence electrons. The van der Waals surface area contributed by atoms with Gasteiger partial charge in [0.1, 0.15) is 0 Å². The van der Waals surface area contributed by atoms with Gasteiger partial charge in [-0.2, -0.15) is 0 Å². The quantitative estimate of drug-likeness (QED) is 0.793. The van der Waals surface area contributed by atoms with E-state index in [0.717, 1.165) is 6.42 Å². The molecule has 1 N–H and O–H groups in total. The smallest absolute Gasteiger partial charge is 0.0736 e. The van der Waals surface area contributed by atoms with Crippen LogP contribution < -0.4 is 0 Å². The SMILES string of the molecule is O[C@@H]1C=CC(c2ccccc2)(c2ccccc2)C1. The second kappa shape index (κ2) is 4.43. The van der Waals surface area contributed by atoms with Crippen molar-refractivity contribution in [2.24, 2.45) is 0 Å². The van der Waals surface area contributed by atoms with Crippen molar-refractivity contribution in [2.75, 3.05) is 0 Å². The zero-order chi connectivity index (χ0) is 12.4. The van der Waals surface area contributed by atoms with E-state index in [9.17, 15) is 5.11 Å². The van der Waals surface area contributed by atoms with Crippen LogP contribution in [0.5, 0.6) is 0 Å². The number of hydrogen-bond donors (Lipinski definition) is 1. The lowest BCUT2D eigenvalue weighted by atomic mass is 9.74. The molecule has 0 bridgehead atoms. The van der Waals surface area contributed by atoms with Crippen molar-refractivity contribution >= 4 is 0 Å². The van der Waals surface area contributed by atoms with Crippen LogP contribution in [0.2, 0.25) is 0 Å². The molecule has 0 amide bonds. The molecule has 3 rings (SSSR count). The van der Waals surface area contributed by atoms with Crippen LogP contribution in [0, 0.1) is 0 Å². The maximum atomic E-state index is 9.90. The van der Waals surface area contributed by atoms with E-state index in [0.29, 0.717) is 0 Å². The lowest BCUT2D eigenvalue weighted by Crippen LogP contribution is -2.25. The maximum absolute atomic E-state index is 9.90. The highest BCUT2D eigenvalue weighted by Gasteiger charge is 2.36. The minimum Gasteiger partial charge on any atom is -0.389 e. The summed E-state index contributed by atoms with van der Waals surface area (Å²) in [5.41, 5.74) is 2.30. The fraction of sp³-hybridized carbons (Fsp3) is 0.176. The molecule has 1 aliphatic carbocycles. The molecular formula is C17H16O. The zero-order valence-electron chi connectivity index (χ0n) is 10.2. The molecule has 1 aliphatic rings. The minimum absolute atomic E-state index is 0.179. The number of benzene rings is 2. The lowest BCUT2D eigenvalue weighted by molar-refractivity contribution is 0.208. The Bertz CT molecular complexity index is 503. The summed E-state index contributed by atoms with van der Waals surface area (Å²) in [4.78, 5) is 0. The molecule has 0 unspecified atom stereocenters. The van der Waals surface area contributed by atoms with Gasteiger partial charge in [-0.3, -0.25) is 0 Å². The summed E-state index contributed by atoms with van der Waals surface area (Å²) in [5, 5.41) is 9.90. The van der Waals surface area contributed by atoms with Crippen molar-refractivity contribution in [1.29, 1.82) is 0 Å². The van der Waals surface area contributed by atoms with E-state index in [1.54, 1.807) is 0 Å². The first-order valence-electron chi connectivity index (χ1n) is 6.30. The van der Waals surface area contributed by atoms with Gasteiger partial charge in [0.15, 0.2) is 0 Å². The molecule has 18 heavy (non-hydrogen) atoms. The van der Waals surface area contributed by atoms with Crippen LogP contribution in [0.25, 0.3) is 0 Å². The number of aliphatic hydroxyl groups excluding tert-OH is 1. The first-order chi connectivity index (χ1) is 8.81. The van der Waals surface area contributed by atoms with Gasteiger partial charge >= 0.3 is 0 Å². The van der Waals surface area contributed by atoms with E-state index in [4.69, 9.17) is 0 Å². The third kappa shape index (κ3) is 1.77. The molecule has 0 heterocycles. The van der Waals surface area contributed by atoms with E-state index in [2.05, 4.69) is 54.6 Å². The number of aliphatic hydroxyl groups is 1. The Kier molecular flexibility index (Phi) is 2.77. The van der Waals surface area contributed by atoms with Crippen molar-refractivity contribution in [1.82, 2.24) is 0 Å². The van der Waals surface area contributed by atoms with Gasteiger partial charge in [-0.05, 0) is 17.5 Å². The summed E-state index contributed by atoms with van der Waals surface area (Å²) < 4.78 is 0. The molecule has 2 aromatic rings. The topological polar surface area (TPSA) is 20.2 Å². The van der Waals surface area contributed by atoms with Gasteiger partial charge in [0.2, 0.25) is 0 Å². The number of allylic oxidation sites excluding steroid dienone is 1. The standard InChI is InChI=1S/C17H16O/c18-16-11-12-17(13-16,14-7-3-1-4-8-14)15-9-5-2-6-10-15/h1-12,16,18H,13H2/t16-/m1/s1. The molecular weight excluding hydrogens is 220 g/mol. The zero-order valence-corrected chi connectivity index (χ0v) is 10.2. The third-order valence-electron chi connectivity index (χ3n) is 3.71. The average molecular weight is 236 g/mol. The lowest BCUT2D eigenvalue weighted by Gasteiger charge is -2.29. The highest BCUT2D eigenvalue weighted by molar-refractivity contribution is 5.47. The molecule has 1 atom stereocenters. The Hall–Kier alpha value is -1.86. The summed E-state index contributed by atoms with van der Waals surface area (Å²) in [6, 6.07) is 20.8. The molecule has 0 aliphatic heterocycles. The highest BCUT2D eigenvalue weighted by atomic mass is 16.3. The van der Waals surface area contributed by atoms with Crippen molar-refractivity contribution in [3.8, 4) is 0 Å². The van der Waals surface area contributed by atoms with Gasteiger partial charge in [-0.25, -0.2) is 0 Å². The van der Waals surface area contributed by atoms with Crippen LogP contribution in [0.4, 0.5) is 0 Å². The molecule has 0 fully saturated rings. The molecule has 0 saturated carbocycles. The third-order valence-corrected chi connectivity index (χ3v) is 3.71. The van der Waals surface area contributed by atoms with E-state index in [-0.39, 0.29) is 11.5 Å². The van der Waals surface area contributed by atoms with Crippen LogP contribution in [0.15, 0.2) is 72.8 Å². The van der Waals surface area contributed by atoms with Crippen molar-refractivity contribution < 1.29 is 5.11 Å². The fourth-order valence-electron chi connectivity index (χ4n) is 2.81. The van der Waals surface area contributed by atoms with Gasteiger partial charge in [0, 0.05) is 5.41 Å². The van der Waals surface area contributed by atoms with Crippen LogP contribution in [-0.2, 0) is 5.41 Å². The highest BCUT2D eigenvalue weighted by Crippen LogP contribution is 2.41. The van der Waals surface area contributed by atoms with Gasteiger partial charge < -0.3 is 5.11 Å². The Labute approximate surface area is 107 Å². The Balaban J connectivity index is 2.15. The van der Waals surface area contributed by atoms with Crippen molar-refractivity contribution in [3.05, 3.63) is 83.9 Å². The van der Waals surface area contributed by atoms with Gasteiger partial charge in [-0.1, -0.05) is 72.8 Å². The maximum Gasteiger partial charge on any atom is 0.0736 e. The largest absolute Gasteiger partial charge is 0.389 e. The van der Waals surface area contributed by atoms with Crippen LogP contribution >= 0.6 is 0 Å². The first kappa shape index (κ1) is 11.2. The predicted octanol–water partition coefficient (Wildman–Crippen LogP) is 3.29. The van der Waals surface area contributed by atoms with E-state index in [1.165, 1.54) is 11.1 Å². The Morgan fingerprint density at radius 1 is 0.833 bits per heavy atom. The average Bonchev–Trinajstić information content (AvgIpc) is 2.84. The fourth-order valence-corrected chi connectivity index (χ4v) is 2.81. The number of rotatable bonds is 2. The minimum atomic E-state index is -0.356. The van der Waals surface area contributed by atoms with E-state index >= 15 is 0 Å². The van der Waals surface area contributed by atoms with Crippen molar-refractivity contribution in [2.45, 2.75) is 17.9 Å². The molecule has 0 aromatic heterocycles. The van der Waals surface area contributed by atoms with Crippen LogP contribution in [0.3, 0.4) is 0 Å². The van der Waals surface area contributed by atoms with Gasteiger partial charge in [0.05, 0.1) is 6.10 Å². The normalized spacial score (nSPS) is 21.1. The van der Waals surface area contributed by atoms with Crippen LogP contribution in [0.1, 0.15) is 17.5 Å². The van der Waals surface area contributed by atoms with Crippen LogP contribution in [-0.4, -0.2) is 11.2 Å². The van der Waals surface area contributed by atoms with Crippen molar-refractivity contribution in [3.63, 3.8) is 0 Å². The summed E-state index contributed by atoms with van der Waals surface area (Å²) in [6.45, 7) is 0. The number of hydrogen-bond acceptors (Lipinski definition) is 1.